The van der Waals surface area contributed by atoms with Gasteiger partial charge in [-0.2, -0.15) is 0 Å². The molecule has 7 nitrogen and oxygen atoms in total. The molecule has 1 atom stereocenters. The van der Waals surface area contributed by atoms with Gasteiger partial charge in [-0.1, -0.05) is 30.1 Å². The number of nitrogens with one attached hydrogen (secondary N) is 1. The van der Waals surface area contributed by atoms with Crippen LogP contribution in [0.2, 0.25) is 10.0 Å². The smallest absolute Gasteiger partial charge is 0.324 e. The van der Waals surface area contributed by atoms with Gasteiger partial charge in [0.1, 0.15) is 12.6 Å². The molecule has 1 unspecified atom stereocenters. The zero-order valence-electron chi connectivity index (χ0n) is 11.1. The second-order valence-electron chi connectivity index (χ2n) is 4.15. The van der Waals surface area contributed by atoms with E-state index in [0.717, 1.165) is 18.6 Å². The monoisotopic (exact) mass is 336 g/mol. The number of non-ortho nitro benzene ring substituents is 1. The molecule has 1 aromatic rings. The number of hydrogen-bond donors (Lipinski definition) is 2. The molecule has 1 aromatic carbocycles. The van der Waals surface area contributed by atoms with Gasteiger partial charge in [0.2, 0.25) is 0 Å². The maximum absolute atomic E-state index is 11.0. The Bertz CT molecular complexity index is 515. The minimum Gasteiger partial charge on any atom is -0.488 e. The van der Waals surface area contributed by atoms with Crippen molar-refractivity contribution in [2.75, 3.05) is 13.2 Å². The van der Waals surface area contributed by atoms with Crippen molar-refractivity contribution in [2.45, 2.75) is 19.4 Å². The Balaban J connectivity index is 2.83. The maximum atomic E-state index is 11.0. The lowest BCUT2D eigenvalue weighted by Gasteiger charge is -2.16. The van der Waals surface area contributed by atoms with Gasteiger partial charge in [0.05, 0.1) is 15.0 Å². The molecule has 1 rings (SSSR count). The molecular formula is C12H14Cl2N2O5. The van der Waals surface area contributed by atoms with Gasteiger partial charge in [-0.05, 0) is 13.0 Å². The Labute approximate surface area is 130 Å². The normalized spacial score (nSPS) is 12.0. The summed E-state index contributed by atoms with van der Waals surface area (Å²) in [7, 11) is 0. The number of halogens is 2. The summed E-state index contributed by atoms with van der Waals surface area (Å²) < 4.78 is 5.29. The molecule has 0 aliphatic carbocycles. The van der Waals surface area contributed by atoms with E-state index in [9.17, 15) is 14.9 Å². The Morgan fingerprint density at radius 1 is 1.48 bits per heavy atom. The number of benzene rings is 1. The highest BCUT2D eigenvalue weighted by molar-refractivity contribution is 6.37. The number of carboxylic acid groups (broad SMARTS) is 1. The van der Waals surface area contributed by atoms with Gasteiger partial charge in [-0.15, -0.1) is 0 Å². The predicted molar refractivity (Wildman–Crippen MR) is 78.3 cm³/mol. The summed E-state index contributed by atoms with van der Waals surface area (Å²) >= 11 is 11.7. The third-order valence-corrected chi connectivity index (χ3v) is 3.09. The fourth-order valence-electron chi connectivity index (χ4n) is 1.49. The molecule has 9 heteroatoms. The fraction of sp³-hybridized carbons (Fsp3) is 0.417. The first kappa shape index (κ1) is 17.5. The quantitative estimate of drug-likeness (QED) is 0.559. The lowest BCUT2D eigenvalue weighted by molar-refractivity contribution is -0.384. The Hall–Kier alpha value is -1.57. The van der Waals surface area contributed by atoms with E-state index in [2.05, 4.69) is 5.32 Å². The molecule has 21 heavy (non-hydrogen) atoms. The molecule has 0 aromatic heterocycles. The Kier molecular flexibility index (Phi) is 6.67. The SMILES string of the molecule is CCCNC(COc1c(Cl)cc([N+](=O)[O-])cc1Cl)C(=O)O. The van der Waals surface area contributed by atoms with Crippen LogP contribution in [0.15, 0.2) is 12.1 Å². The van der Waals surface area contributed by atoms with E-state index in [0.29, 0.717) is 6.54 Å². The molecular weight excluding hydrogens is 323 g/mol. The van der Waals surface area contributed by atoms with Crippen LogP contribution in [0.5, 0.6) is 5.75 Å². The number of rotatable bonds is 8. The molecule has 0 aliphatic heterocycles. The Morgan fingerprint density at radius 3 is 2.48 bits per heavy atom. The molecule has 0 bridgehead atoms. The molecule has 2 N–H and O–H groups in total. The average molecular weight is 337 g/mol. The van der Waals surface area contributed by atoms with Crippen molar-refractivity contribution < 1.29 is 19.6 Å². The number of nitrogens with zero attached hydrogens (tertiary/aromatic N) is 1. The van der Waals surface area contributed by atoms with Crippen molar-refractivity contribution in [2.24, 2.45) is 0 Å². The van der Waals surface area contributed by atoms with Gasteiger partial charge in [-0.25, -0.2) is 0 Å². The first-order chi connectivity index (χ1) is 9.86. The highest BCUT2D eigenvalue weighted by Gasteiger charge is 2.20. The molecule has 116 valence electrons. The van der Waals surface area contributed by atoms with E-state index in [1.807, 2.05) is 6.92 Å². The average Bonchev–Trinajstić information content (AvgIpc) is 2.40. The summed E-state index contributed by atoms with van der Waals surface area (Å²) in [5.41, 5.74) is -0.267. The molecule has 0 radical (unpaired) electrons. The van der Waals surface area contributed by atoms with Gasteiger partial charge in [0.25, 0.3) is 5.69 Å². The van der Waals surface area contributed by atoms with Crippen molar-refractivity contribution in [3.8, 4) is 5.75 Å². The van der Waals surface area contributed by atoms with Crippen LogP contribution in [-0.4, -0.2) is 35.2 Å². The second kappa shape index (κ2) is 8.02. The van der Waals surface area contributed by atoms with Crippen LogP contribution in [-0.2, 0) is 4.79 Å². The van der Waals surface area contributed by atoms with E-state index in [4.69, 9.17) is 33.0 Å². The molecule has 0 saturated heterocycles. The van der Waals surface area contributed by atoms with E-state index in [1.165, 1.54) is 0 Å². The van der Waals surface area contributed by atoms with Crippen LogP contribution in [0.1, 0.15) is 13.3 Å². The van der Waals surface area contributed by atoms with Crippen molar-refractivity contribution in [1.29, 1.82) is 0 Å². The fourth-order valence-corrected chi connectivity index (χ4v) is 2.08. The van der Waals surface area contributed by atoms with E-state index in [1.54, 1.807) is 0 Å². The number of carbonyl (C=O) groups is 1. The topological polar surface area (TPSA) is 102 Å². The Morgan fingerprint density at radius 2 is 2.05 bits per heavy atom. The van der Waals surface area contributed by atoms with Crippen LogP contribution in [0.4, 0.5) is 5.69 Å². The van der Waals surface area contributed by atoms with E-state index < -0.39 is 16.9 Å². The minimum absolute atomic E-state index is 0.0217. The standard InChI is InChI=1S/C12H14Cl2N2O5/c1-2-3-15-10(12(17)18)6-21-11-8(13)4-7(16(19)20)5-9(11)14/h4-5,10,15H,2-3,6H2,1H3,(H,17,18). The molecule has 0 fully saturated rings. The van der Waals surface area contributed by atoms with Gasteiger partial charge < -0.3 is 15.2 Å². The van der Waals surface area contributed by atoms with Gasteiger partial charge in [0.15, 0.2) is 5.75 Å². The summed E-state index contributed by atoms with van der Waals surface area (Å²) in [5, 5.41) is 22.4. The number of aliphatic carboxylic acids is 1. The minimum atomic E-state index is -1.07. The molecule has 0 saturated carbocycles. The van der Waals surface area contributed by atoms with Crippen LogP contribution >= 0.6 is 23.2 Å². The first-order valence-electron chi connectivity index (χ1n) is 6.09. The van der Waals surface area contributed by atoms with E-state index in [-0.39, 0.29) is 28.1 Å². The second-order valence-corrected chi connectivity index (χ2v) is 4.97. The van der Waals surface area contributed by atoms with Gasteiger partial charge in [0, 0.05) is 12.1 Å². The summed E-state index contributed by atoms with van der Waals surface area (Å²) in [4.78, 5) is 21.1. The number of ether oxygens (including phenoxy) is 1. The largest absolute Gasteiger partial charge is 0.488 e. The summed E-state index contributed by atoms with van der Waals surface area (Å²) in [5.74, 6) is -1.05. The van der Waals surface area contributed by atoms with E-state index >= 15 is 0 Å². The number of carboxylic acids is 1. The van der Waals surface area contributed by atoms with Gasteiger partial charge >= 0.3 is 5.97 Å². The van der Waals surface area contributed by atoms with Crippen molar-refractivity contribution >= 4 is 34.9 Å². The van der Waals surface area contributed by atoms with Crippen molar-refractivity contribution in [1.82, 2.24) is 5.32 Å². The lowest BCUT2D eigenvalue weighted by atomic mass is 10.3. The number of hydrogen-bond acceptors (Lipinski definition) is 5. The molecule has 0 spiro atoms. The summed E-state index contributed by atoms with van der Waals surface area (Å²) in [6, 6.07) is 1.27. The van der Waals surface area contributed by atoms with Crippen LogP contribution in [0, 0.1) is 10.1 Å². The third kappa shape index (κ3) is 5.04. The van der Waals surface area contributed by atoms with Crippen LogP contribution in [0.25, 0.3) is 0 Å². The zero-order valence-corrected chi connectivity index (χ0v) is 12.6. The summed E-state index contributed by atoms with van der Waals surface area (Å²) in [6.07, 6.45) is 0.767. The highest BCUT2D eigenvalue weighted by Crippen LogP contribution is 2.36. The van der Waals surface area contributed by atoms with Crippen molar-refractivity contribution in [3.05, 3.63) is 32.3 Å². The lowest BCUT2D eigenvalue weighted by Crippen LogP contribution is -2.41. The molecule has 0 amide bonds. The van der Waals surface area contributed by atoms with Crippen LogP contribution < -0.4 is 10.1 Å². The highest BCUT2D eigenvalue weighted by atomic mass is 35.5. The molecule has 0 heterocycles. The zero-order chi connectivity index (χ0) is 16.0. The van der Waals surface area contributed by atoms with Crippen molar-refractivity contribution in [3.63, 3.8) is 0 Å². The van der Waals surface area contributed by atoms with Gasteiger partial charge in [-0.3, -0.25) is 14.9 Å². The van der Waals surface area contributed by atoms with Crippen LogP contribution in [0.3, 0.4) is 0 Å². The molecule has 0 aliphatic rings. The summed E-state index contributed by atoms with van der Waals surface area (Å²) in [6.45, 7) is 2.21. The third-order valence-electron chi connectivity index (χ3n) is 2.53. The first-order valence-corrected chi connectivity index (χ1v) is 6.84. The number of nitro groups is 1. The number of nitro benzene ring substituents is 1. The predicted octanol–water partition coefficient (Wildman–Crippen LogP) is 2.73. The maximum Gasteiger partial charge on any atom is 0.324 e.